The molecular formula is C18H18N4O2. The van der Waals surface area contributed by atoms with Gasteiger partial charge in [-0.25, -0.2) is 0 Å². The van der Waals surface area contributed by atoms with Crippen molar-refractivity contribution in [3.8, 4) is 5.88 Å². The number of primary amides is 1. The van der Waals surface area contributed by atoms with Gasteiger partial charge in [-0.2, -0.15) is 4.98 Å². The van der Waals surface area contributed by atoms with Crippen LogP contribution >= 0.6 is 0 Å². The van der Waals surface area contributed by atoms with Crippen molar-refractivity contribution in [3.05, 3.63) is 48.2 Å². The molecule has 6 nitrogen and oxygen atoms in total. The Morgan fingerprint density at radius 1 is 1.33 bits per heavy atom. The molecule has 6 heteroatoms. The predicted molar refractivity (Wildman–Crippen MR) is 92.8 cm³/mol. The Labute approximate surface area is 139 Å². The molecule has 2 aromatic heterocycles. The SMILES string of the molecule is C[C@H]1CCN(c2ccccc2C(N)=O)c2cc3cc[nH]c3nc2O1. The summed E-state index contributed by atoms with van der Waals surface area (Å²) in [5, 5.41) is 0.994. The third-order valence-electron chi connectivity index (χ3n) is 4.30. The van der Waals surface area contributed by atoms with Crippen molar-refractivity contribution < 1.29 is 9.53 Å². The molecule has 0 unspecified atom stereocenters. The summed E-state index contributed by atoms with van der Waals surface area (Å²) in [7, 11) is 0. The molecule has 0 radical (unpaired) electrons. The fourth-order valence-corrected chi connectivity index (χ4v) is 3.08. The van der Waals surface area contributed by atoms with Crippen LogP contribution in [0.3, 0.4) is 0 Å². The maximum Gasteiger partial charge on any atom is 0.250 e. The smallest absolute Gasteiger partial charge is 0.250 e. The van der Waals surface area contributed by atoms with E-state index in [0.717, 1.165) is 35.4 Å². The van der Waals surface area contributed by atoms with Crippen molar-refractivity contribution in [1.29, 1.82) is 0 Å². The zero-order valence-corrected chi connectivity index (χ0v) is 13.3. The number of fused-ring (bicyclic) bond motifs is 2. The number of ether oxygens (including phenoxy) is 1. The Bertz CT molecular complexity index is 918. The van der Waals surface area contributed by atoms with Crippen molar-refractivity contribution in [2.24, 2.45) is 5.73 Å². The summed E-state index contributed by atoms with van der Waals surface area (Å²) >= 11 is 0. The molecule has 3 aromatic rings. The number of nitrogens with zero attached hydrogens (tertiary/aromatic N) is 2. The lowest BCUT2D eigenvalue weighted by atomic mass is 10.1. The lowest BCUT2D eigenvalue weighted by Crippen LogP contribution is -2.23. The fraction of sp³-hybridized carbons (Fsp3) is 0.222. The van der Waals surface area contributed by atoms with Crippen LogP contribution in [0.4, 0.5) is 11.4 Å². The number of nitrogens with two attached hydrogens (primary N) is 1. The average Bonchev–Trinajstić information content (AvgIpc) is 2.95. The van der Waals surface area contributed by atoms with Gasteiger partial charge < -0.3 is 20.4 Å². The molecule has 24 heavy (non-hydrogen) atoms. The van der Waals surface area contributed by atoms with Crippen LogP contribution in [0.1, 0.15) is 23.7 Å². The van der Waals surface area contributed by atoms with Crippen molar-refractivity contribution in [2.75, 3.05) is 11.4 Å². The second kappa shape index (κ2) is 5.56. The number of rotatable bonds is 2. The normalized spacial score (nSPS) is 17.2. The largest absolute Gasteiger partial charge is 0.473 e. The molecule has 0 fully saturated rings. The summed E-state index contributed by atoms with van der Waals surface area (Å²) in [5.74, 6) is 0.121. The third-order valence-corrected chi connectivity index (χ3v) is 4.30. The summed E-state index contributed by atoms with van der Waals surface area (Å²) in [6.07, 6.45) is 2.70. The number of amides is 1. The van der Waals surface area contributed by atoms with Crippen LogP contribution in [0, 0.1) is 0 Å². The lowest BCUT2D eigenvalue weighted by molar-refractivity contribution is 0.100. The van der Waals surface area contributed by atoms with Gasteiger partial charge in [-0.3, -0.25) is 4.79 Å². The van der Waals surface area contributed by atoms with E-state index in [2.05, 4.69) is 14.9 Å². The molecule has 0 aliphatic carbocycles. The second-order valence-electron chi connectivity index (χ2n) is 5.98. The van der Waals surface area contributed by atoms with Gasteiger partial charge in [0.1, 0.15) is 11.3 Å². The summed E-state index contributed by atoms with van der Waals surface area (Å²) in [5.41, 5.74) is 8.47. The van der Waals surface area contributed by atoms with E-state index in [4.69, 9.17) is 10.5 Å². The summed E-state index contributed by atoms with van der Waals surface area (Å²) < 4.78 is 6.00. The highest BCUT2D eigenvalue weighted by Crippen LogP contribution is 2.39. The van der Waals surface area contributed by atoms with Crippen LogP contribution in [0.25, 0.3) is 11.0 Å². The molecule has 1 atom stereocenters. The molecule has 3 heterocycles. The number of aromatic amines is 1. The number of benzene rings is 1. The van der Waals surface area contributed by atoms with E-state index in [1.807, 2.05) is 43.5 Å². The maximum atomic E-state index is 11.8. The van der Waals surface area contributed by atoms with Gasteiger partial charge in [0, 0.05) is 24.5 Å². The van der Waals surface area contributed by atoms with Crippen molar-refractivity contribution in [1.82, 2.24) is 9.97 Å². The van der Waals surface area contributed by atoms with E-state index >= 15 is 0 Å². The van der Waals surface area contributed by atoms with Gasteiger partial charge in [0.2, 0.25) is 5.88 Å². The standard InChI is InChI=1S/C18H18N4O2/c1-11-7-9-22(14-5-3-2-4-13(14)16(19)23)15-10-12-6-8-20-17(12)21-18(15)24-11/h2-6,8,10-11H,7,9H2,1H3,(H2,19,23)(H,20,21)/t11-/m0/s1. The number of hydrogen-bond acceptors (Lipinski definition) is 4. The molecular weight excluding hydrogens is 304 g/mol. The maximum absolute atomic E-state index is 11.8. The highest BCUT2D eigenvalue weighted by molar-refractivity contribution is 6.00. The Hall–Kier alpha value is -3.02. The minimum atomic E-state index is -0.443. The van der Waals surface area contributed by atoms with E-state index < -0.39 is 5.91 Å². The minimum Gasteiger partial charge on any atom is -0.473 e. The van der Waals surface area contributed by atoms with E-state index in [1.54, 1.807) is 6.07 Å². The number of carbonyl (C=O) groups excluding carboxylic acids is 1. The minimum absolute atomic E-state index is 0.0365. The zero-order chi connectivity index (χ0) is 16.7. The number of aromatic nitrogens is 2. The first kappa shape index (κ1) is 14.6. The average molecular weight is 322 g/mol. The second-order valence-corrected chi connectivity index (χ2v) is 5.98. The Morgan fingerprint density at radius 3 is 3.00 bits per heavy atom. The van der Waals surface area contributed by atoms with Gasteiger partial charge in [-0.15, -0.1) is 0 Å². The molecule has 122 valence electrons. The first-order valence-electron chi connectivity index (χ1n) is 7.94. The number of carbonyl (C=O) groups is 1. The molecule has 1 aliphatic rings. The molecule has 0 spiro atoms. The molecule has 4 rings (SSSR count). The van der Waals surface area contributed by atoms with Crippen LogP contribution in [0.5, 0.6) is 5.88 Å². The number of para-hydroxylation sites is 1. The number of pyridine rings is 1. The third kappa shape index (κ3) is 2.36. The van der Waals surface area contributed by atoms with Gasteiger partial charge in [0.25, 0.3) is 5.91 Å². The molecule has 3 N–H and O–H groups in total. The Kier molecular flexibility index (Phi) is 3.37. The highest BCUT2D eigenvalue weighted by Gasteiger charge is 2.25. The Morgan fingerprint density at radius 2 is 2.17 bits per heavy atom. The molecule has 1 aromatic carbocycles. The summed E-state index contributed by atoms with van der Waals surface area (Å²) in [6.45, 7) is 2.74. The number of hydrogen-bond donors (Lipinski definition) is 2. The molecule has 0 saturated carbocycles. The fourth-order valence-electron chi connectivity index (χ4n) is 3.08. The van der Waals surface area contributed by atoms with E-state index in [1.165, 1.54) is 0 Å². The first-order chi connectivity index (χ1) is 11.6. The lowest BCUT2D eigenvalue weighted by Gasteiger charge is -2.25. The Balaban J connectivity index is 1.92. The van der Waals surface area contributed by atoms with E-state index in [-0.39, 0.29) is 6.10 Å². The molecule has 1 aliphatic heterocycles. The monoisotopic (exact) mass is 322 g/mol. The number of anilines is 2. The predicted octanol–water partition coefficient (Wildman–Crippen LogP) is 2.97. The van der Waals surface area contributed by atoms with Crippen LogP contribution in [-0.2, 0) is 0 Å². The summed E-state index contributed by atoms with van der Waals surface area (Å²) in [4.78, 5) is 21.6. The number of H-pyrrole nitrogens is 1. The molecule has 0 saturated heterocycles. The van der Waals surface area contributed by atoms with Crippen LogP contribution in [0.2, 0.25) is 0 Å². The van der Waals surface area contributed by atoms with Gasteiger partial charge in [0.05, 0.1) is 17.4 Å². The first-order valence-corrected chi connectivity index (χ1v) is 7.94. The number of nitrogens with one attached hydrogen (secondary N) is 1. The van der Waals surface area contributed by atoms with Crippen molar-refractivity contribution >= 4 is 28.3 Å². The van der Waals surface area contributed by atoms with Gasteiger partial charge in [0.15, 0.2) is 0 Å². The van der Waals surface area contributed by atoms with Gasteiger partial charge in [-0.1, -0.05) is 12.1 Å². The van der Waals surface area contributed by atoms with Crippen LogP contribution < -0.4 is 15.4 Å². The van der Waals surface area contributed by atoms with Gasteiger partial charge >= 0.3 is 0 Å². The van der Waals surface area contributed by atoms with Crippen molar-refractivity contribution in [3.63, 3.8) is 0 Å². The summed E-state index contributed by atoms with van der Waals surface area (Å²) in [6, 6.07) is 11.4. The highest BCUT2D eigenvalue weighted by atomic mass is 16.5. The molecule has 0 bridgehead atoms. The van der Waals surface area contributed by atoms with E-state index in [0.29, 0.717) is 11.4 Å². The zero-order valence-electron chi connectivity index (χ0n) is 13.3. The quantitative estimate of drug-likeness (QED) is 0.759. The van der Waals surface area contributed by atoms with Crippen molar-refractivity contribution in [2.45, 2.75) is 19.4 Å². The van der Waals surface area contributed by atoms with Crippen LogP contribution in [-0.4, -0.2) is 28.5 Å². The van der Waals surface area contributed by atoms with Crippen LogP contribution in [0.15, 0.2) is 42.6 Å². The molecule has 1 amide bonds. The van der Waals surface area contributed by atoms with Gasteiger partial charge in [-0.05, 0) is 31.2 Å². The topological polar surface area (TPSA) is 84.2 Å². The van der Waals surface area contributed by atoms with E-state index in [9.17, 15) is 4.79 Å².